The molecular weight excluding hydrogens is 508 g/mol. The summed E-state index contributed by atoms with van der Waals surface area (Å²) in [5, 5.41) is 0. The molecule has 0 amide bonds. The number of nitrogens with zero attached hydrogens (tertiary/aromatic N) is 4. The van der Waals surface area contributed by atoms with Crippen LogP contribution in [0.1, 0.15) is 49.5 Å². The van der Waals surface area contributed by atoms with Crippen molar-refractivity contribution in [3.05, 3.63) is 41.7 Å². The van der Waals surface area contributed by atoms with Crippen LogP contribution in [0.3, 0.4) is 0 Å². The Balaban J connectivity index is 1.59. The maximum Gasteiger partial charge on any atom is 0.203 e. The molecule has 210 valence electrons. The maximum absolute atomic E-state index is 11.8. The Kier molecular flexibility index (Phi) is 7.71. The summed E-state index contributed by atoms with van der Waals surface area (Å²) in [6.07, 6.45) is 7.07. The zero-order chi connectivity index (χ0) is 27.8. The van der Waals surface area contributed by atoms with Crippen LogP contribution in [0.15, 0.2) is 30.6 Å². The third-order valence-electron chi connectivity index (χ3n) is 7.67. The van der Waals surface area contributed by atoms with Gasteiger partial charge in [0.05, 0.1) is 30.7 Å². The molecule has 2 saturated heterocycles. The minimum atomic E-state index is -1.20. The van der Waals surface area contributed by atoms with E-state index < -0.39 is 13.9 Å². The van der Waals surface area contributed by atoms with E-state index in [1.54, 1.807) is 6.20 Å². The zero-order valence-electron chi connectivity index (χ0n) is 24.2. The minimum absolute atomic E-state index is 0.348. The van der Waals surface area contributed by atoms with E-state index in [0.29, 0.717) is 37.8 Å². The predicted molar refractivity (Wildman–Crippen MR) is 157 cm³/mol. The topological polar surface area (TPSA) is 78.7 Å². The van der Waals surface area contributed by atoms with Gasteiger partial charge in [-0.1, -0.05) is 40.4 Å². The van der Waals surface area contributed by atoms with E-state index in [2.05, 4.69) is 51.4 Å². The fourth-order valence-electron chi connectivity index (χ4n) is 5.48. The Morgan fingerprint density at radius 3 is 2.46 bits per heavy atom. The number of hydrogen-bond acceptors (Lipinski definition) is 7. The highest BCUT2D eigenvalue weighted by molar-refractivity contribution is 6.76. The van der Waals surface area contributed by atoms with Gasteiger partial charge in [0.15, 0.2) is 5.65 Å². The molecular formula is C30H42N4O4Si. The first-order valence-corrected chi connectivity index (χ1v) is 17.8. The molecule has 3 aromatic rings. The second kappa shape index (κ2) is 10.8. The quantitative estimate of drug-likeness (QED) is 0.182. The van der Waals surface area contributed by atoms with Crippen LogP contribution in [0.5, 0.6) is 0 Å². The second-order valence-electron chi connectivity index (χ2n) is 13.0. The molecule has 0 radical (unpaired) electrons. The van der Waals surface area contributed by atoms with Crippen molar-refractivity contribution in [3.8, 4) is 11.3 Å². The molecule has 2 aromatic heterocycles. The van der Waals surface area contributed by atoms with E-state index >= 15 is 0 Å². The SMILES string of the molecule is CC(C)(C)C1(c2cn(COCC[Si](C)(C)C)c3ncc(-c4cc(C=O)cc(N5CCCC5)c4)nc23)OCCO1. The van der Waals surface area contributed by atoms with Gasteiger partial charge in [0.2, 0.25) is 5.79 Å². The molecule has 0 saturated carbocycles. The lowest BCUT2D eigenvalue weighted by atomic mass is 9.81. The first-order valence-electron chi connectivity index (χ1n) is 14.1. The Labute approximate surface area is 232 Å². The number of carbonyl (C=O) groups is 1. The van der Waals surface area contributed by atoms with E-state index in [1.165, 1.54) is 0 Å². The van der Waals surface area contributed by atoms with Crippen molar-refractivity contribution in [1.82, 2.24) is 14.5 Å². The third-order valence-corrected chi connectivity index (χ3v) is 9.38. The van der Waals surface area contributed by atoms with Crippen molar-refractivity contribution in [1.29, 1.82) is 0 Å². The number of carbonyl (C=O) groups excluding carboxylic acids is 1. The van der Waals surface area contributed by atoms with E-state index in [0.717, 1.165) is 66.2 Å². The van der Waals surface area contributed by atoms with Crippen molar-refractivity contribution in [2.75, 3.05) is 37.8 Å². The van der Waals surface area contributed by atoms with Crippen LogP contribution in [-0.4, -0.2) is 61.8 Å². The van der Waals surface area contributed by atoms with Gasteiger partial charge in [0, 0.05) is 56.2 Å². The van der Waals surface area contributed by atoms with Gasteiger partial charge in [-0.05, 0) is 37.1 Å². The number of rotatable bonds is 9. The molecule has 0 unspecified atom stereocenters. The molecule has 8 nitrogen and oxygen atoms in total. The molecule has 5 rings (SSSR count). The average Bonchev–Trinajstić information content (AvgIpc) is 3.65. The van der Waals surface area contributed by atoms with Gasteiger partial charge in [-0.3, -0.25) is 4.79 Å². The number of anilines is 1. The largest absolute Gasteiger partial charge is 0.371 e. The molecule has 9 heteroatoms. The maximum atomic E-state index is 11.8. The summed E-state index contributed by atoms with van der Waals surface area (Å²) in [7, 11) is -1.20. The summed E-state index contributed by atoms with van der Waals surface area (Å²) in [5.41, 5.74) is 5.26. The fraction of sp³-hybridized carbons (Fsp3) is 0.567. The second-order valence-corrected chi connectivity index (χ2v) is 18.6. The lowest BCUT2D eigenvalue weighted by molar-refractivity contribution is -0.231. The van der Waals surface area contributed by atoms with Crippen LogP contribution in [0.4, 0.5) is 5.69 Å². The standard InChI is InChI=1S/C30H42N4O4Si/c1-29(2,3)30(37-11-12-38-30)25-19-34(21-36-13-14-39(4,5)6)28-27(25)32-26(18-31-28)23-15-22(20-35)16-24(17-23)33-9-7-8-10-33/h15-20H,7-14,21H2,1-6H3. The van der Waals surface area contributed by atoms with Crippen molar-refractivity contribution >= 4 is 31.2 Å². The summed E-state index contributed by atoms with van der Waals surface area (Å²) in [5.74, 6) is -0.951. The molecule has 4 heterocycles. The van der Waals surface area contributed by atoms with Crippen LogP contribution < -0.4 is 4.90 Å². The van der Waals surface area contributed by atoms with Gasteiger partial charge in [-0.25, -0.2) is 9.97 Å². The van der Waals surface area contributed by atoms with Crippen LogP contribution in [0.2, 0.25) is 25.7 Å². The predicted octanol–water partition coefficient (Wildman–Crippen LogP) is 6.07. The van der Waals surface area contributed by atoms with Crippen LogP contribution >= 0.6 is 0 Å². The zero-order valence-corrected chi connectivity index (χ0v) is 25.2. The first kappa shape index (κ1) is 28.0. The summed E-state index contributed by atoms with van der Waals surface area (Å²) < 4.78 is 20.9. The third kappa shape index (κ3) is 5.68. The normalized spacial score (nSPS) is 17.8. The highest BCUT2D eigenvalue weighted by Gasteiger charge is 2.51. The highest BCUT2D eigenvalue weighted by atomic mass is 28.3. The van der Waals surface area contributed by atoms with Crippen LogP contribution in [0, 0.1) is 5.41 Å². The monoisotopic (exact) mass is 550 g/mol. The number of aromatic nitrogens is 3. The number of fused-ring (bicyclic) bond motifs is 1. The van der Waals surface area contributed by atoms with E-state index in [1.807, 2.05) is 22.9 Å². The molecule has 0 aliphatic carbocycles. The van der Waals surface area contributed by atoms with Crippen LogP contribution in [0.25, 0.3) is 22.4 Å². The molecule has 2 aliphatic rings. The van der Waals surface area contributed by atoms with Gasteiger partial charge in [-0.15, -0.1) is 0 Å². The molecule has 2 aliphatic heterocycles. The van der Waals surface area contributed by atoms with E-state index in [-0.39, 0.29) is 5.41 Å². The number of ether oxygens (including phenoxy) is 3. The van der Waals surface area contributed by atoms with Crippen molar-refractivity contribution in [2.24, 2.45) is 5.41 Å². The lowest BCUT2D eigenvalue weighted by Gasteiger charge is -2.39. The van der Waals surface area contributed by atoms with Crippen molar-refractivity contribution in [2.45, 2.75) is 71.8 Å². The van der Waals surface area contributed by atoms with Gasteiger partial charge >= 0.3 is 0 Å². The minimum Gasteiger partial charge on any atom is -0.371 e. The van der Waals surface area contributed by atoms with E-state index in [9.17, 15) is 4.79 Å². The van der Waals surface area contributed by atoms with Crippen molar-refractivity contribution < 1.29 is 19.0 Å². The molecule has 1 aromatic carbocycles. The summed E-state index contributed by atoms with van der Waals surface area (Å²) in [6.45, 7) is 17.6. The smallest absolute Gasteiger partial charge is 0.203 e. The van der Waals surface area contributed by atoms with Gasteiger partial charge in [0.25, 0.3) is 0 Å². The molecule has 0 bridgehead atoms. The average molecular weight is 551 g/mol. The summed E-state index contributed by atoms with van der Waals surface area (Å²) in [4.78, 5) is 24.2. The van der Waals surface area contributed by atoms with Crippen molar-refractivity contribution in [3.63, 3.8) is 0 Å². The molecule has 0 N–H and O–H groups in total. The number of benzene rings is 1. The Morgan fingerprint density at radius 2 is 1.82 bits per heavy atom. The molecule has 39 heavy (non-hydrogen) atoms. The first-order chi connectivity index (χ1) is 18.5. The fourth-order valence-corrected chi connectivity index (χ4v) is 6.24. The Morgan fingerprint density at radius 1 is 1.10 bits per heavy atom. The highest BCUT2D eigenvalue weighted by Crippen LogP contribution is 2.48. The van der Waals surface area contributed by atoms with Gasteiger partial charge in [-0.2, -0.15) is 0 Å². The number of hydrogen-bond donors (Lipinski definition) is 0. The van der Waals surface area contributed by atoms with Gasteiger partial charge in [0.1, 0.15) is 18.5 Å². The molecule has 2 fully saturated rings. The van der Waals surface area contributed by atoms with Gasteiger partial charge < -0.3 is 23.7 Å². The molecule has 0 spiro atoms. The van der Waals surface area contributed by atoms with E-state index in [4.69, 9.17) is 24.2 Å². The number of aldehydes is 1. The lowest BCUT2D eigenvalue weighted by Crippen LogP contribution is -2.41. The van der Waals surface area contributed by atoms with Crippen LogP contribution in [-0.2, 0) is 26.7 Å². The Hall–Kier alpha value is -2.59. The summed E-state index contributed by atoms with van der Waals surface area (Å²) >= 11 is 0. The Bertz CT molecular complexity index is 1330. The molecule has 0 atom stereocenters. The summed E-state index contributed by atoms with van der Waals surface area (Å²) in [6, 6.07) is 7.06.